The number of likely N-dealkylation sites (tertiary alicyclic amines) is 1. The molecular weight excluding hydrogens is 294 g/mol. The molecule has 7 nitrogen and oxygen atoms in total. The molecule has 0 unspecified atom stereocenters. The molecule has 4 rings (SSSR count). The van der Waals surface area contributed by atoms with Crippen molar-refractivity contribution < 1.29 is 9.90 Å². The van der Waals surface area contributed by atoms with Crippen molar-refractivity contribution in [3.05, 3.63) is 35.8 Å². The Labute approximate surface area is 132 Å². The zero-order valence-electron chi connectivity index (χ0n) is 12.5. The van der Waals surface area contributed by atoms with Crippen molar-refractivity contribution in [2.75, 3.05) is 13.1 Å². The summed E-state index contributed by atoms with van der Waals surface area (Å²) < 4.78 is 0. The molecule has 0 spiro atoms. The van der Waals surface area contributed by atoms with Gasteiger partial charge in [-0.2, -0.15) is 0 Å². The maximum absolute atomic E-state index is 12.2. The van der Waals surface area contributed by atoms with E-state index in [1.165, 1.54) is 0 Å². The average Bonchev–Trinajstić information content (AvgIpc) is 3.13. The van der Waals surface area contributed by atoms with E-state index in [1.807, 2.05) is 23.2 Å². The fraction of sp³-hybridized carbons (Fsp3) is 0.312. The van der Waals surface area contributed by atoms with Gasteiger partial charge in [0.2, 0.25) is 5.96 Å². The lowest BCUT2D eigenvalue weighted by Crippen LogP contribution is -2.45. The summed E-state index contributed by atoms with van der Waals surface area (Å²) in [6.45, 7) is 1.40. The summed E-state index contributed by atoms with van der Waals surface area (Å²) >= 11 is 0. The Bertz CT molecular complexity index is 815. The molecule has 0 aromatic carbocycles. The summed E-state index contributed by atoms with van der Waals surface area (Å²) in [5.41, 5.74) is 2.06. The van der Waals surface area contributed by atoms with Crippen LogP contribution < -0.4 is 5.32 Å². The topological polar surface area (TPSA) is 93.6 Å². The van der Waals surface area contributed by atoms with Crippen LogP contribution in [-0.4, -0.2) is 51.0 Å². The predicted molar refractivity (Wildman–Crippen MR) is 86.5 cm³/mol. The summed E-state index contributed by atoms with van der Waals surface area (Å²) in [4.78, 5) is 25.9. The number of carbonyl (C=O) groups excluding carboxylic acids is 1. The Balaban J connectivity index is 1.62. The van der Waals surface area contributed by atoms with Crippen LogP contribution in [0.1, 0.15) is 18.4 Å². The monoisotopic (exact) mass is 311 g/mol. The molecule has 4 heterocycles. The van der Waals surface area contributed by atoms with Crippen molar-refractivity contribution in [2.24, 2.45) is 4.99 Å². The van der Waals surface area contributed by atoms with Crippen molar-refractivity contribution >= 4 is 29.0 Å². The molecule has 1 fully saturated rings. The normalized spacial score (nSPS) is 21.1. The van der Waals surface area contributed by atoms with Gasteiger partial charge in [-0.25, -0.2) is 9.98 Å². The van der Waals surface area contributed by atoms with Crippen LogP contribution in [0.3, 0.4) is 0 Å². The van der Waals surface area contributed by atoms with E-state index in [0.29, 0.717) is 37.6 Å². The van der Waals surface area contributed by atoms with E-state index < -0.39 is 0 Å². The number of aliphatic hydroxyl groups excluding tert-OH is 1. The summed E-state index contributed by atoms with van der Waals surface area (Å²) in [5, 5.41) is 13.3. The fourth-order valence-electron chi connectivity index (χ4n) is 2.93. The molecule has 0 aliphatic carbocycles. The minimum absolute atomic E-state index is 0.204. The minimum atomic E-state index is -0.252. The quantitative estimate of drug-likeness (QED) is 0.681. The second kappa shape index (κ2) is 5.51. The molecule has 1 amide bonds. The van der Waals surface area contributed by atoms with Gasteiger partial charge in [0.15, 0.2) is 0 Å². The third-order valence-electron chi connectivity index (χ3n) is 4.22. The Morgan fingerprint density at radius 3 is 3.00 bits per heavy atom. The number of H-pyrrole nitrogens is 1. The lowest BCUT2D eigenvalue weighted by atomic mass is 10.1. The predicted octanol–water partition coefficient (Wildman–Crippen LogP) is 0.846. The second-order valence-corrected chi connectivity index (χ2v) is 5.78. The number of aromatic nitrogens is 2. The lowest BCUT2D eigenvalue weighted by molar-refractivity contribution is -0.115. The van der Waals surface area contributed by atoms with Crippen LogP contribution in [-0.2, 0) is 4.79 Å². The highest BCUT2D eigenvalue weighted by molar-refractivity contribution is 6.14. The van der Waals surface area contributed by atoms with E-state index >= 15 is 0 Å². The van der Waals surface area contributed by atoms with Gasteiger partial charge in [0, 0.05) is 36.4 Å². The number of nitrogens with one attached hydrogen (secondary N) is 2. The molecule has 2 aromatic heterocycles. The van der Waals surface area contributed by atoms with Crippen molar-refractivity contribution in [3.63, 3.8) is 0 Å². The molecule has 7 heteroatoms. The van der Waals surface area contributed by atoms with Crippen LogP contribution in [0.2, 0.25) is 0 Å². The number of aromatic amines is 1. The first kappa shape index (κ1) is 14.0. The molecule has 3 N–H and O–H groups in total. The number of piperidine rings is 1. The van der Waals surface area contributed by atoms with E-state index in [4.69, 9.17) is 0 Å². The highest BCUT2D eigenvalue weighted by Crippen LogP contribution is 2.21. The van der Waals surface area contributed by atoms with E-state index in [1.54, 1.807) is 12.3 Å². The van der Waals surface area contributed by atoms with E-state index in [0.717, 1.165) is 16.6 Å². The number of guanidine groups is 1. The van der Waals surface area contributed by atoms with Crippen LogP contribution in [0, 0.1) is 0 Å². The first-order chi connectivity index (χ1) is 11.2. The number of carbonyl (C=O) groups is 1. The van der Waals surface area contributed by atoms with Crippen LogP contribution in [0.4, 0.5) is 0 Å². The number of rotatable bonds is 1. The number of pyridine rings is 1. The van der Waals surface area contributed by atoms with Crippen LogP contribution in [0.25, 0.3) is 17.1 Å². The minimum Gasteiger partial charge on any atom is -0.393 e. The van der Waals surface area contributed by atoms with Gasteiger partial charge in [-0.1, -0.05) is 0 Å². The second-order valence-electron chi connectivity index (χ2n) is 5.78. The highest BCUT2D eigenvalue weighted by Gasteiger charge is 2.27. The van der Waals surface area contributed by atoms with Gasteiger partial charge in [0.25, 0.3) is 5.91 Å². The molecule has 2 aromatic rings. The molecule has 0 bridgehead atoms. The number of hydrogen-bond donors (Lipinski definition) is 3. The van der Waals surface area contributed by atoms with Gasteiger partial charge >= 0.3 is 0 Å². The Morgan fingerprint density at radius 2 is 2.17 bits per heavy atom. The first-order valence-corrected chi connectivity index (χ1v) is 7.67. The van der Waals surface area contributed by atoms with Crippen LogP contribution in [0.5, 0.6) is 0 Å². The molecule has 2 aliphatic heterocycles. The maximum Gasteiger partial charge on any atom is 0.276 e. The smallest absolute Gasteiger partial charge is 0.276 e. The van der Waals surface area contributed by atoms with Gasteiger partial charge in [0.1, 0.15) is 11.3 Å². The van der Waals surface area contributed by atoms with Crippen molar-refractivity contribution in [1.29, 1.82) is 0 Å². The highest BCUT2D eigenvalue weighted by atomic mass is 16.3. The van der Waals surface area contributed by atoms with Crippen LogP contribution in [0.15, 0.2) is 35.2 Å². The molecule has 2 aliphatic rings. The molecule has 0 atom stereocenters. The third kappa shape index (κ3) is 2.59. The maximum atomic E-state index is 12.2. The van der Waals surface area contributed by atoms with Gasteiger partial charge in [0.05, 0.1) is 6.10 Å². The lowest BCUT2D eigenvalue weighted by Gasteiger charge is -2.30. The molecular formula is C16H17N5O2. The first-order valence-electron chi connectivity index (χ1n) is 7.67. The largest absolute Gasteiger partial charge is 0.393 e. The molecule has 0 saturated carbocycles. The molecule has 0 radical (unpaired) electrons. The molecule has 1 saturated heterocycles. The summed E-state index contributed by atoms with van der Waals surface area (Å²) in [6.07, 6.45) is 6.45. The standard InChI is InChI=1S/C16H17N5O2/c22-11-3-6-21(7-4-11)16-19-13(15(23)20-16)8-10-9-18-14-12(10)2-1-5-17-14/h1-2,5,8-9,11,22H,3-4,6-7H2,(H,17,18)(H,19,20,23). The number of aliphatic imine (C=N–C) groups is 1. The van der Waals surface area contributed by atoms with Crippen LogP contribution >= 0.6 is 0 Å². The molecule has 23 heavy (non-hydrogen) atoms. The van der Waals surface area contributed by atoms with E-state index in [-0.39, 0.29) is 12.0 Å². The number of nitrogens with zero attached hydrogens (tertiary/aromatic N) is 3. The van der Waals surface area contributed by atoms with Gasteiger partial charge in [-0.15, -0.1) is 0 Å². The average molecular weight is 311 g/mol. The number of fused-ring (bicyclic) bond motifs is 1. The fourth-order valence-corrected chi connectivity index (χ4v) is 2.93. The number of aliphatic hydroxyl groups is 1. The Morgan fingerprint density at radius 1 is 1.35 bits per heavy atom. The Hall–Kier alpha value is -2.67. The SMILES string of the molecule is O=C1NC(N2CCC(O)CC2)=NC1=Cc1c[nH]c2ncccc12. The van der Waals surface area contributed by atoms with Crippen molar-refractivity contribution in [3.8, 4) is 0 Å². The van der Waals surface area contributed by atoms with Crippen molar-refractivity contribution in [1.82, 2.24) is 20.2 Å². The van der Waals surface area contributed by atoms with E-state index in [9.17, 15) is 9.90 Å². The Kier molecular flexibility index (Phi) is 3.34. The third-order valence-corrected chi connectivity index (χ3v) is 4.22. The zero-order chi connectivity index (χ0) is 15.8. The summed E-state index contributed by atoms with van der Waals surface area (Å²) in [7, 11) is 0. The van der Waals surface area contributed by atoms with Gasteiger partial charge < -0.3 is 15.0 Å². The van der Waals surface area contributed by atoms with Crippen molar-refractivity contribution in [2.45, 2.75) is 18.9 Å². The van der Waals surface area contributed by atoms with Gasteiger partial charge in [-0.05, 0) is 31.1 Å². The number of amides is 1. The zero-order valence-corrected chi connectivity index (χ0v) is 12.5. The summed E-state index contributed by atoms with van der Waals surface area (Å²) in [6, 6.07) is 3.81. The number of hydrogen-bond acceptors (Lipinski definition) is 5. The van der Waals surface area contributed by atoms with Gasteiger partial charge in [-0.3, -0.25) is 10.1 Å². The summed E-state index contributed by atoms with van der Waals surface area (Å²) in [5.74, 6) is 0.371. The molecule has 118 valence electrons. The van der Waals surface area contributed by atoms with E-state index in [2.05, 4.69) is 20.3 Å².